The summed E-state index contributed by atoms with van der Waals surface area (Å²) < 4.78 is 5.30. The molecule has 0 spiro atoms. The Labute approximate surface area is 158 Å². The van der Waals surface area contributed by atoms with E-state index in [1.165, 1.54) is 5.56 Å². The Bertz CT molecular complexity index is 913. The van der Waals surface area contributed by atoms with Gasteiger partial charge in [0.15, 0.2) is 0 Å². The van der Waals surface area contributed by atoms with Crippen LogP contribution in [-0.2, 0) is 6.42 Å². The summed E-state index contributed by atoms with van der Waals surface area (Å²) in [5.74, 6) is 0.714. The molecule has 0 aliphatic carbocycles. The third kappa shape index (κ3) is 5.04. The lowest BCUT2D eigenvalue weighted by atomic mass is 10.1. The molecule has 0 radical (unpaired) electrons. The summed E-state index contributed by atoms with van der Waals surface area (Å²) in [6.45, 7) is 2.63. The van der Waals surface area contributed by atoms with Crippen LogP contribution in [0.3, 0.4) is 0 Å². The molecule has 138 valence electrons. The normalized spacial score (nSPS) is 10.3. The van der Waals surface area contributed by atoms with Crippen LogP contribution in [0, 0.1) is 6.92 Å². The number of nitrogens with zero attached hydrogens (tertiary/aromatic N) is 2. The standard InChI is InChI=1S/C21H22N4O2/c1-15-8-9-19(27-2)18(14-15)24-20(26)17-11-13-23-21(25-17)22-12-10-16-6-4-3-5-7-16/h3-9,11,13-14H,10,12H2,1-2H3,(H,24,26)(H,22,23,25). The summed E-state index contributed by atoms with van der Waals surface area (Å²) >= 11 is 0. The van der Waals surface area contributed by atoms with Crippen LogP contribution in [0.1, 0.15) is 21.6 Å². The number of ether oxygens (including phenoxy) is 1. The first-order valence-electron chi connectivity index (χ1n) is 8.72. The highest BCUT2D eigenvalue weighted by Crippen LogP contribution is 2.25. The number of aryl methyl sites for hydroxylation is 1. The minimum atomic E-state index is -0.313. The average molecular weight is 362 g/mol. The topological polar surface area (TPSA) is 76.1 Å². The molecular formula is C21H22N4O2. The fourth-order valence-corrected chi connectivity index (χ4v) is 2.64. The van der Waals surface area contributed by atoms with Gasteiger partial charge in [-0.05, 0) is 42.7 Å². The van der Waals surface area contributed by atoms with E-state index in [4.69, 9.17) is 4.74 Å². The second-order valence-corrected chi connectivity index (χ2v) is 6.09. The zero-order valence-electron chi connectivity index (χ0n) is 15.4. The largest absolute Gasteiger partial charge is 0.495 e. The summed E-state index contributed by atoms with van der Waals surface area (Å²) in [7, 11) is 1.57. The van der Waals surface area contributed by atoms with Gasteiger partial charge in [-0.3, -0.25) is 4.79 Å². The number of benzene rings is 2. The van der Waals surface area contributed by atoms with Gasteiger partial charge < -0.3 is 15.4 Å². The van der Waals surface area contributed by atoms with E-state index in [1.54, 1.807) is 19.4 Å². The van der Waals surface area contributed by atoms with Gasteiger partial charge >= 0.3 is 0 Å². The number of rotatable bonds is 7. The molecule has 1 aromatic heterocycles. The summed E-state index contributed by atoms with van der Waals surface area (Å²) in [4.78, 5) is 21.0. The number of carbonyl (C=O) groups excluding carboxylic acids is 1. The molecule has 27 heavy (non-hydrogen) atoms. The van der Waals surface area contributed by atoms with E-state index in [2.05, 4.69) is 32.7 Å². The monoisotopic (exact) mass is 362 g/mol. The summed E-state index contributed by atoms with van der Waals surface area (Å²) in [5, 5.41) is 6.00. The van der Waals surface area contributed by atoms with Crippen molar-refractivity contribution >= 4 is 17.5 Å². The third-order valence-corrected chi connectivity index (χ3v) is 4.03. The summed E-state index contributed by atoms with van der Waals surface area (Å²) in [6, 6.07) is 17.3. The number of hydrogen-bond acceptors (Lipinski definition) is 5. The molecule has 0 fully saturated rings. The maximum absolute atomic E-state index is 12.6. The van der Waals surface area contributed by atoms with Crippen molar-refractivity contribution in [3.05, 3.63) is 77.6 Å². The maximum atomic E-state index is 12.6. The SMILES string of the molecule is COc1ccc(C)cc1NC(=O)c1ccnc(NCCc2ccccc2)n1. The molecule has 6 nitrogen and oxygen atoms in total. The molecular weight excluding hydrogens is 340 g/mol. The first-order valence-corrected chi connectivity index (χ1v) is 8.72. The predicted octanol–water partition coefficient (Wildman–Crippen LogP) is 3.70. The molecule has 0 unspecified atom stereocenters. The van der Waals surface area contributed by atoms with Gasteiger partial charge in [0.2, 0.25) is 5.95 Å². The number of carbonyl (C=O) groups is 1. The molecule has 0 atom stereocenters. The van der Waals surface area contributed by atoms with Crippen molar-refractivity contribution in [1.29, 1.82) is 0 Å². The van der Waals surface area contributed by atoms with Gasteiger partial charge in [0.05, 0.1) is 12.8 Å². The zero-order chi connectivity index (χ0) is 19.1. The van der Waals surface area contributed by atoms with Crippen LogP contribution in [0.2, 0.25) is 0 Å². The minimum absolute atomic E-state index is 0.288. The van der Waals surface area contributed by atoms with Crippen molar-refractivity contribution < 1.29 is 9.53 Å². The number of amides is 1. The van der Waals surface area contributed by atoms with Crippen molar-refractivity contribution in [3.8, 4) is 5.75 Å². The Morgan fingerprint density at radius 3 is 2.70 bits per heavy atom. The van der Waals surface area contributed by atoms with Crippen LogP contribution in [-0.4, -0.2) is 29.5 Å². The van der Waals surface area contributed by atoms with Crippen molar-refractivity contribution in [2.45, 2.75) is 13.3 Å². The molecule has 0 aliphatic heterocycles. The first kappa shape index (κ1) is 18.4. The van der Waals surface area contributed by atoms with Gasteiger partial charge in [-0.1, -0.05) is 36.4 Å². The summed E-state index contributed by atoms with van der Waals surface area (Å²) in [5.41, 5.74) is 3.15. The van der Waals surface area contributed by atoms with E-state index in [0.29, 0.717) is 23.9 Å². The molecule has 3 aromatic rings. The first-order chi connectivity index (χ1) is 13.2. The summed E-state index contributed by atoms with van der Waals surface area (Å²) in [6.07, 6.45) is 2.42. The lowest BCUT2D eigenvalue weighted by molar-refractivity contribution is 0.102. The minimum Gasteiger partial charge on any atom is -0.495 e. The van der Waals surface area contributed by atoms with Crippen LogP contribution >= 0.6 is 0 Å². The lowest BCUT2D eigenvalue weighted by Crippen LogP contribution is -2.16. The molecule has 2 N–H and O–H groups in total. The quantitative estimate of drug-likeness (QED) is 0.670. The third-order valence-electron chi connectivity index (χ3n) is 4.03. The van der Waals surface area contributed by atoms with Crippen molar-refractivity contribution in [2.75, 3.05) is 24.3 Å². The molecule has 0 saturated carbocycles. The highest BCUT2D eigenvalue weighted by atomic mass is 16.5. The van der Waals surface area contributed by atoms with Crippen LogP contribution in [0.15, 0.2) is 60.8 Å². The molecule has 0 aliphatic rings. The van der Waals surface area contributed by atoms with E-state index in [9.17, 15) is 4.79 Å². The zero-order valence-corrected chi connectivity index (χ0v) is 15.4. The van der Waals surface area contributed by atoms with Crippen molar-refractivity contribution in [1.82, 2.24) is 9.97 Å². The van der Waals surface area contributed by atoms with Gasteiger partial charge in [0.25, 0.3) is 5.91 Å². The van der Waals surface area contributed by atoms with Crippen LogP contribution < -0.4 is 15.4 Å². The van der Waals surface area contributed by atoms with E-state index in [-0.39, 0.29) is 11.6 Å². The van der Waals surface area contributed by atoms with Gasteiger partial charge in [-0.2, -0.15) is 0 Å². The van der Waals surface area contributed by atoms with Gasteiger partial charge in [-0.25, -0.2) is 9.97 Å². The fourth-order valence-electron chi connectivity index (χ4n) is 2.64. The Morgan fingerprint density at radius 1 is 1.11 bits per heavy atom. The van der Waals surface area contributed by atoms with E-state index >= 15 is 0 Å². The molecule has 0 saturated heterocycles. The Hall–Kier alpha value is -3.41. The van der Waals surface area contributed by atoms with Crippen molar-refractivity contribution in [2.24, 2.45) is 0 Å². The fraction of sp³-hybridized carbons (Fsp3) is 0.190. The van der Waals surface area contributed by atoms with Crippen molar-refractivity contribution in [3.63, 3.8) is 0 Å². The molecule has 2 aromatic carbocycles. The van der Waals surface area contributed by atoms with E-state index in [1.807, 2.05) is 43.3 Å². The number of aromatic nitrogens is 2. The molecule has 3 rings (SSSR count). The van der Waals surface area contributed by atoms with Gasteiger partial charge in [-0.15, -0.1) is 0 Å². The van der Waals surface area contributed by atoms with E-state index < -0.39 is 0 Å². The van der Waals surface area contributed by atoms with Crippen LogP contribution in [0.5, 0.6) is 5.75 Å². The highest BCUT2D eigenvalue weighted by Gasteiger charge is 2.12. The van der Waals surface area contributed by atoms with Crippen LogP contribution in [0.25, 0.3) is 0 Å². The Kier molecular flexibility index (Phi) is 5.99. The van der Waals surface area contributed by atoms with Gasteiger partial charge in [0, 0.05) is 12.7 Å². The number of anilines is 2. The maximum Gasteiger partial charge on any atom is 0.274 e. The molecule has 0 bridgehead atoms. The second-order valence-electron chi connectivity index (χ2n) is 6.09. The van der Waals surface area contributed by atoms with Crippen LogP contribution in [0.4, 0.5) is 11.6 Å². The van der Waals surface area contributed by atoms with Gasteiger partial charge in [0.1, 0.15) is 11.4 Å². The average Bonchev–Trinajstić information content (AvgIpc) is 2.69. The predicted molar refractivity (Wildman–Crippen MR) is 106 cm³/mol. The Morgan fingerprint density at radius 2 is 1.93 bits per heavy atom. The smallest absolute Gasteiger partial charge is 0.274 e. The highest BCUT2D eigenvalue weighted by molar-refractivity contribution is 6.03. The number of nitrogens with one attached hydrogen (secondary N) is 2. The lowest BCUT2D eigenvalue weighted by Gasteiger charge is -2.11. The molecule has 6 heteroatoms. The second kappa shape index (κ2) is 8.80. The number of methoxy groups -OCH3 is 1. The Balaban J connectivity index is 1.64. The van der Waals surface area contributed by atoms with E-state index in [0.717, 1.165) is 12.0 Å². The number of hydrogen-bond donors (Lipinski definition) is 2. The molecule has 1 heterocycles. The molecule has 1 amide bonds.